The topological polar surface area (TPSA) is 35.5 Å². The molecule has 0 radical (unpaired) electrons. The van der Waals surface area contributed by atoms with Crippen molar-refractivity contribution in [1.29, 1.82) is 0 Å². The standard InChI is InChI=1S/C15H11BrCl2O3/c1-20-11-7-6-8(15(21-2)13(11)16)14(19)12-9(17)4-3-5-10(12)18/h3-7H,1-2H3. The highest BCUT2D eigenvalue weighted by molar-refractivity contribution is 9.10. The van der Waals surface area contributed by atoms with Crippen molar-refractivity contribution in [1.82, 2.24) is 0 Å². The van der Waals surface area contributed by atoms with E-state index >= 15 is 0 Å². The number of ketones is 1. The van der Waals surface area contributed by atoms with Crippen molar-refractivity contribution >= 4 is 44.9 Å². The minimum Gasteiger partial charge on any atom is -0.495 e. The lowest BCUT2D eigenvalue weighted by molar-refractivity contribution is 0.103. The Balaban J connectivity index is 2.62. The maximum atomic E-state index is 12.7. The van der Waals surface area contributed by atoms with Crippen LogP contribution in [-0.4, -0.2) is 20.0 Å². The average Bonchev–Trinajstić information content (AvgIpc) is 2.46. The van der Waals surface area contributed by atoms with Gasteiger partial charge in [-0.15, -0.1) is 0 Å². The van der Waals surface area contributed by atoms with Gasteiger partial charge in [-0.1, -0.05) is 29.3 Å². The van der Waals surface area contributed by atoms with Gasteiger partial charge in [0.25, 0.3) is 0 Å². The minimum absolute atomic E-state index is 0.246. The average molecular weight is 390 g/mol. The second-order valence-corrected chi connectivity index (χ2v) is 5.70. The molecule has 0 saturated carbocycles. The molecule has 3 nitrogen and oxygen atoms in total. The van der Waals surface area contributed by atoms with Crippen LogP contribution in [0.1, 0.15) is 15.9 Å². The molecule has 0 spiro atoms. The molecule has 2 rings (SSSR count). The molecule has 2 aromatic carbocycles. The van der Waals surface area contributed by atoms with Crippen LogP contribution >= 0.6 is 39.1 Å². The SMILES string of the molecule is COc1ccc(C(=O)c2c(Cl)cccc2Cl)c(OC)c1Br. The quantitative estimate of drug-likeness (QED) is 0.690. The van der Waals surface area contributed by atoms with Crippen molar-refractivity contribution in [2.24, 2.45) is 0 Å². The molecule has 21 heavy (non-hydrogen) atoms. The predicted octanol–water partition coefficient (Wildman–Crippen LogP) is 5.00. The molecule has 0 aliphatic rings. The fourth-order valence-electron chi connectivity index (χ4n) is 1.92. The van der Waals surface area contributed by atoms with Crippen LogP contribution in [0.4, 0.5) is 0 Å². The third-order valence-electron chi connectivity index (χ3n) is 2.92. The van der Waals surface area contributed by atoms with Crippen LogP contribution in [0.5, 0.6) is 11.5 Å². The van der Waals surface area contributed by atoms with Crippen LogP contribution in [-0.2, 0) is 0 Å². The van der Waals surface area contributed by atoms with Crippen LogP contribution in [0, 0.1) is 0 Å². The highest BCUT2D eigenvalue weighted by Crippen LogP contribution is 2.39. The zero-order valence-corrected chi connectivity index (χ0v) is 14.3. The Morgan fingerprint density at radius 1 is 1.05 bits per heavy atom. The Bertz CT molecular complexity index is 681. The first-order valence-electron chi connectivity index (χ1n) is 5.90. The van der Waals surface area contributed by atoms with E-state index in [0.717, 1.165) is 0 Å². The minimum atomic E-state index is -0.314. The first-order chi connectivity index (χ1) is 10.0. The molecule has 0 amide bonds. The summed E-state index contributed by atoms with van der Waals surface area (Å²) in [7, 11) is 3.01. The molecule has 0 fully saturated rings. The van der Waals surface area contributed by atoms with Gasteiger partial charge in [0.05, 0.1) is 35.4 Å². The van der Waals surface area contributed by atoms with E-state index in [2.05, 4.69) is 15.9 Å². The van der Waals surface area contributed by atoms with E-state index in [4.69, 9.17) is 32.7 Å². The lowest BCUT2D eigenvalue weighted by Crippen LogP contribution is -2.06. The van der Waals surface area contributed by atoms with Gasteiger partial charge in [-0.25, -0.2) is 0 Å². The van der Waals surface area contributed by atoms with Crippen molar-refractivity contribution in [3.8, 4) is 11.5 Å². The molecule has 0 saturated heterocycles. The maximum Gasteiger partial charge on any atom is 0.199 e. The monoisotopic (exact) mass is 388 g/mol. The summed E-state index contributed by atoms with van der Waals surface area (Å²) in [5.41, 5.74) is 0.594. The van der Waals surface area contributed by atoms with Crippen LogP contribution in [0.3, 0.4) is 0 Å². The molecule has 2 aromatic rings. The Morgan fingerprint density at radius 2 is 1.67 bits per heavy atom. The number of hydrogen-bond acceptors (Lipinski definition) is 3. The van der Waals surface area contributed by atoms with Gasteiger partial charge in [-0.05, 0) is 40.2 Å². The molecule has 0 unspecified atom stereocenters. The second kappa shape index (κ2) is 6.69. The van der Waals surface area contributed by atoms with Gasteiger partial charge in [-0.3, -0.25) is 4.79 Å². The van der Waals surface area contributed by atoms with E-state index in [9.17, 15) is 4.79 Å². The van der Waals surface area contributed by atoms with Crippen molar-refractivity contribution in [3.05, 3.63) is 56.0 Å². The largest absolute Gasteiger partial charge is 0.495 e. The number of halogens is 3. The van der Waals surface area contributed by atoms with Gasteiger partial charge in [0.2, 0.25) is 0 Å². The summed E-state index contributed by atoms with van der Waals surface area (Å²) in [6.07, 6.45) is 0. The Labute approximate surface area is 140 Å². The van der Waals surface area contributed by atoms with E-state index in [-0.39, 0.29) is 11.3 Å². The Kier molecular flexibility index (Phi) is 5.14. The predicted molar refractivity (Wildman–Crippen MR) is 87.1 cm³/mol. The molecule has 0 aromatic heterocycles. The van der Waals surface area contributed by atoms with Gasteiger partial charge < -0.3 is 9.47 Å². The van der Waals surface area contributed by atoms with Gasteiger partial charge in [-0.2, -0.15) is 0 Å². The third kappa shape index (κ3) is 3.03. The zero-order chi connectivity index (χ0) is 15.6. The maximum absolute atomic E-state index is 12.7. The van der Waals surface area contributed by atoms with Crippen LogP contribution in [0.2, 0.25) is 10.0 Å². The lowest BCUT2D eigenvalue weighted by Gasteiger charge is -2.13. The third-order valence-corrected chi connectivity index (χ3v) is 4.30. The highest BCUT2D eigenvalue weighted by Gasteiger charge is 2.23. The van der Waals surface area contributed by atoms with E-state index in [1.807, 2.05) is 0 Å². The molecule has 0 heterocycles. The number of hydrogen-bond donors (Lipinski definition) is 0. The summed E-state index contributed by atoms with van der Waals surface area (Å²) in [5, 5.41) is 0.586. The molecule has 110 valence electrons. The van der Waals surface area contributed by atoms with E-state index in [1.54, 1.807) is 30.3 Å². The van der Waals surface area contributed by atoms with Gasteiger partial charge in [0.1, 0.15) is 16.0 Å². The molecule has 0 N–H and O–H groups in total. The Morgan fingerprint density at radius 3 is 2.19 bits per heavy atom. The van der Waals surface area contributed by atoms with Crippen molar-refractivity contribution in [3.63, 3.8) is 0 Å². The van der Waals surface area contributed by atoms with E-state index in [0.29, 0.717) is 31.6 Å². The van der Waals surface area contributed by atoms with Crippen molar-refractivity contribution in [2.75, 3.05) is 14.2 Å². The Hall–Kier alpha value is -1.23. The smallest absolute Gasteiger partial charge is 0.199 e. The van der Waals surface area contributed by atoms with Crippen LogP contribution in [0.25, 0.3) is 0 Å². The summed E-state index contributed by atoms with van der Waals surface area (Å²) in [6.45, 7) is 0. The molecular weight excluding hydrogens is 379 g/mol. The summed E-state index contributed by atoms with van der Waals surface area (Å²) in [4.78, 5) is 12.7. The van der Waals surface area contributed by atoms with Gasteiger partial charge in [0, 0.05) is 0 Å². The fourth-order valence-corrected chi connectivity index (χ4v) is 3.16. The normalized spacial score (nSPS) is 10.3. The first-order valence-corrected chi connectivity index (χ1v) is 7.45. The molecule has 0 aliphatic heterocycles. The molecular formula is C15H11BrCl2O3. The van der Waals surface area contributed by atoms with Gasteiger partial charge in [0.15, 0.2) is 5.78 Å². The second-order valence-electron chi connectivity index (χ2n) is 4.09. The first kappa shape index (κ1) is 16.1. The van der Waals surface area contributed by atoms with Crippen LogP contribution in [0.15, 0.2) is 34.8 Å². The molecule has 0 bridgehead atoms. The van der Waals surface area contributed by atoms with E-state index < -0.39 is 0 Å². The summed E-state index contributed by atoms with van der Waals surface area (Å²) < 4.78 is 11.0. The lowest BCUT2D eigenvalue weighted by atomic mass is 10.0. The number of ether oxygens (including phenoxy) is 2. The number of carbonyl (C=O) groups excluding carboxylic acids is 1. The zero-order valence-electron chi connectivity index (χ0n) is 11.2. The number of carbonyl (C=O) groups is 1. The fraction of sp³-hybridized carbons (Fsp3) is 0.133. The molecule has 6 heteroatoms. The summed E-state index contributed by atoms with van der Waals surface area (Å²) in [5.74, 6) is 0.620. The van der Waals surface area contributed by atoms with Crippen molar-refractivity contribution in [2.45, 2.75) is 0 Å². The summed E-state index contributed by atoms with van der Waals surface area (Å²) >= 11 is 15.5. The van der Waals surface area contributed by atoms with Crippen molar-refractivity contribution < 1.29 is 14.3 Å². The number of rotatable bonds is 4. The summed E-state index contributed by atoms with van der Waals surface area (Å²) in [6, 6.07) is 8.20. The highest BCUT2D eigenvalue weighted by atomic mass is 79.9. The number of methoxy groups -OCH3 is 2. The molecule has 0 aliphatic carbocycles. The van der Waals surface area contributed by atoms with Crippen LogP contribution < -0.4 is 9.47 Å². The molecule has 0 atom stereocenters. The van der Waals surface area contributed by atoms with E-state index in [1.165, 1.54) is 14.2 Å². The number of benzene rings is 2. The van der Waals surface area contributed by atoms with Gasteiger partial charge >= 0.3 is 0 Å².